The fraction of sp³-hybridized carbons (Fsp3) is 0.333. The standard InChI is InChI=1S/C24H29N3O4S/c1-5-16-6-8-17(9-7-16)23-26-22(18-10-11-19(30-3)20(14-18)31-4)24(27-23)32-15-21(28)25-12-13-29-2/h6-11,14H,5,12-13,15H2,1-4H3,(H,25,28)(H,26,27). The van der Waals surface area contributed by atoms with E-state index >= 15 is 0 Å². The first-order chi connectivity index (χ1) is 15.6. The third-order valence-electron chi connectivity index (χ3n) is 4.95. The lowest BCUT2D eigenvalue weighted by Crippen LogP contribution is -2.28. The topological polar surface area (TPSA) is 85.5 Å². The van der Waals surface area contributed by atoms with Gasteiger partial charge in [0.25, 0.3) is 0 Å². The van der Waals surface area contributed by atoms with Crippen molar-refractivity contribution in [2.45, 2.75) is 18.4 Å². The Kier molecular flexibility index (Phi) is 8.58. The second-order valence-corrected chi connectivity index (χ2v) is 7.98. The third-order valence-corrected chi connectivity index (χ3v) is 5.92. The molecule has 0 saturated heterocycles. The van der Waals surface area contributed by atoms with Gasteiger partial charge in [0.2, 0.25) is 5.91 Å². The van der Waals surface area contributed by atoms with Crippen LogP contribution in [0.1, 0.15) is 12.5 Å². The van der Waals surface area contributed by atoms with Crippen molar-refractivity contribution in [1.29, 1.82) is 0 Å². The minimum absolute atomic E-state index is 0.0674. The van der Waals surface area contributed by atoms with E-state index in [9.17, 15) is 4.79 Å². The van der Waals surface area contributed by atoms with Gasteiger partial charge >= 0.3 is 0 Å². The second-order valence-electron chi connectivity index (χ2n) is 7.02. The molecule has 0 unspecified atom stereocenters. The summed E-state index contributed by atoms with van der Waals surface area (Å²) in [7, 11) is 4.82. The predicted octanol–water partition coefficient (Wildman–Crippen LogP) is 4.18. The number of ether oxygens (including phenoxy) is 3. The summed E-state index contributed by atoms with van der Waals surface area (Å²) in [6.07, 6.45) is 0.981. The molecule has 8 heteroatoms. The molecule has 7 nitrogen and oxygen atoms in total. The summed E-state index contributed by atoms with van der Waals surface area (Å²) in [5, 5.41) is 3.58. The molecule has 1 amide bonds. The Morgan fingerprint density at radius 2 is 1.75 bits per heavy atom. The number of H-pyrrole nitrogens is 1. The molecule has 3 aromatic rings. The molecule has 0 spiro atoms. The van der Waals surface area contributed by atoms with Crippen molar-refractivity contribution >= 4 is 17.7 Å². The number of hydrogen-bond donors (Lipinski definition) is 2. The average Bonchev–Trinajstić information content (AvgIpc) is 3.26. The lowest BCUT2D eigenvalue weighted by molar-refractivity contribution is -0.118. The molecule has 2 N–H and O–H groups in total. The van der Waals surface area contributed by atoms with Crippen molar-refractivity contribution in [2.24, 2.45) is 0 Å². The number of benzene rings is 2. The number of nitrogens with zero attached hydrogens (tertiary/aromatic N) is 1. The number of aryl methyl sites for hydroxylation is 1. The van der Waals surface area contributed by atoms with E-state index in [2.05, 4.69) is 41.5 Å². The zero-order valence-electron chi connectivity index (χ0n) is 18.9. The Morgan fingerprint density at radius 3 is 2.41 bits per heavy atom. The minimum atomic E-state index is -0.0674. The molecular weight excluding hydrogens is 426 g/mol. The molecule has 32 heavy (non-hydrogen) atoms. The van der Waals surface area contributed by atoms with Crippen molar-refractivity contribution in [3.63, 3.8) is 0 Å². The number of methoxy groups -OCH3 is 3. The number of amides is 1. The minimum Gasteiger partial charge on any atom is -0.493 e. The summed E-state index contributed by atoms with van der Waals surface area (Å²) in [6, 6.07) is 14.0. The quantitative estimate of drug-likeness (QED) is 0.333. The Morgan fingerprint density at radius 1 is 1.03 bits per heavy atom. The lowest BCUT2D eigenvalue weighted by Gasteiger charge is -2.10. The van der Waals surface area contributed by atoms with Crippen LogP contribution >= 0.6 is 11.8 Å². The fourth-order valence-corrected chi connectivity index (χ4v) is 4.00. The molecular formula is C24H29N3O4S. The molecule has 0 aliphatic rings. The Balaban J connectivity index is 1.92. The van der Waals surface area contributed by atoms with E-state index in [4.69, 9.17) is 19.2 Å². The largest absolute Gasteiger partial charge is 0.493 e. The zero-order chi connectivity index (χ0) is 22.9. The number of thioether (sulfide) groups is 1. The van der Waals surface area contributed by atoms with E-state index in [1.807, 2.05) is 18.2 Å². The van der Waals surface area contributed by atoms with E-state index in [-0.39, 0.29) is 11.7 Å². The first-order valence-corrected chi connectivity index (χ1v) is 11.4. The molecule has 0 fully saturated rings. The maximum Gasteiger partial charge on any atom is 0.230 e. The fourth-order valence-electron chi connectivity index (χ4n) is 3.16. The van der Waals surface area contributed by atoms with Crippen LogP contribution in [-0.4, -0.2) is 56.1 Å². The van der Waals surface area contributed by atoms with Gasteiger partial charge in [0, 0.05) is 24.8 Å². The summed E-state index contributed by atoms with van der Waals surface area (Å²) >= 11 is 1.39. The molecule has 3 rings (SSSR count). The summed E-state index contributed by atoms with van der Waals surface area (Å²) < 4.78 is 15.8. The number of carbonyl (C=O) groups is 1. The van der Waals surface area contributed by atoms with Gasteiger partial charge in [0.05, 0.1) is 32.3 Å². The van der Waals surface area contributed by atoms with Gasteiger partial charge in [0.15, 0.2) is 11.5 Å². The molecule has 0 saturated carbocycles. The number of carbonyl (C=O) groups excluding carboxylic acids is 1. The number of imidazole rings is 1. The lowest BCUT2D eigenvalue weighted by atomic mass is 10.1. The highest BCUT2D eigenvalue weighted by Gasteiger charge is 2.17. The molecule has 1 aromatic heterocycles. The normalized spacial score (nSPS) is 10.8. The highest BCUT2D eigenvalue weighted by Crippen LogP contribution is 2.37. The van der Waals surface area contributed by atoms with Crippen molar-refractivity contribution < 1.29 is 19.0 Å². The average molecular weight is 456 g/mol. The van der Waals surface area contributed by atoms with Crippen molar-refractivity contribution in [3.8, 4) is 34.1 Å². The van der Waals surface area contributed by atoms with Gasteiger partial charge < -0.3 is 24.5 Å². The van der Waals surface area contributed by atoms with Gasteiger partial charge in [-0.3, -0.25) is 4.79 Å². The highest BCUT2D eigenvalue weighted by molar-refractivity contribution is 8.00. The molecule has 0 aliphatic heterocycles. The maximum absolute atomic E-state index is 12.2. The summed E-state index contributed by atoms with van der Waals surface area (Å²) in [5.74, 6) is 2.21. The SMILES string of the molecule is CCc1ccc(-c2nc(SCC(=O)NCCOC)c(-c3ccc(OC)c(OC)c3)[nH]2)cc1. The molecule has 0 atom stereocenters. The molecule has 1 heterocycles. The van der Waals surface area contributed by atoms with E-state index in [1.165, 1.54) is 17.3 Å². The summed E-state index contributed by atoms with van der Waals surface area (Å²) in [6.45, 7) is 3.09. The van der Waals surface area contributed by atoms with Crippen molar-refractivity contribution in [3.05, 3.63) is 48.0 Å². The van der Waals surface area contributed by atoms with Crippen molar-refractivity contribution in [2.75, 3.05) is 40.2 Å². The van der Waals surface area contributed by atoms with Crippen LogP contribution in [-0.2, 0) is 16.0 Å². The van der Waals surface area contributed by atoms with Gasteiger partial charge in [-0.25, -0.2) is 4.98 Å². The second kappa shape index (κ2) is 11.6. The first kappa shape index (κ1) is 23.7. The Labute approximate surface area is 192 Å². The number of rotatable bonds is 11. The number of hydrogen-bond acceptors (Lipinski definition) is 6. The van der Waals surface area contributed by atoms with Crippen LogP contribution in [0, 0.1) is 0 Å². The monoisotopic (exact) mass is 455 g/mol. The van der Waals surface area contributed by atoms with Gasteiger partial charge in [-0.2, -0.15) is 0 Å². The van der Waals surface area contributed by atoms with Crippen LogP contribution in [0.15, 0.2) is 47.5 Å². The Bertz CT molecular complexity index is 1030. The summed E-state index contributed by atoms with van der Waals surface area (Å²) in [4.78, 5) is 20.5. The number of aromatic amines is 1. The molecule has 170 valence electrons. The van der Waals surface area contributed by atoms with E-state index in [1.54, 1.807) is 21.3 Å². The van der Waals surface area contributed by atoms with Gasteiger partial charge in [-0.15, -0.1) is 0 Å². The summed E-state index contributed by atoms with van der Waals surface area (Å²) in [5.41, 5.74) is 3.98. The number of nitrogens with one attached hydrogen (secondary N) is 2. The van der Waals surface area contributed by atoms with Gasteiger partial charge in [0.1, 0.15) is 10.9 Å². The maximum atomic E-state index is 12.2. The van der Waals surface area contributed by atoms with Crippen LogP contribution in [0.5, 0.6) is 11.5 Å². The molecule has 0 radical (unpaired) electrons. The number of aromatic nitrogens is 2. The smallest absolute Gasteiger partial charge is 0.230 e. The zero-order valence-corrected chi connectivity index (χ0v) is 19.7. The van der Waals surface area contributed by atoms with Crippen LogP contribution in [0.2, 0.25) is 0 Å². The first-order valence-electron chi connectivity index (χ1n) is 10.4. The van der Waals surface area contributed by atoms with Crippen LogP contribution < -0.4 is 14.8 Å². The Hall–Kier alpha value is -2.97. The van der Waals surface area contributed by atoms with Crippen LogP contribution in [0.4, 0.5) is 0 Å². The predicted molar refractivity (Wildman–Crippen MR) is 128 cm³/mol. The van der Waals surface area contributed by atoms with Crippen LogP contribution in [0.25, 0.3) is 22.6 Å². The van der Waals surface area contributed by atoms with E-state index in [0.29, 0.717) is 24.7 Å². The van der Waals surface area contributed by atoms with Gasteiger partial charge in [-0.1, -0.05) is 43.0 Å². The van der Waals surface area contributed by atoms with Gasteiger partial charge in [-0.05, 0) is 30.2 Å². The van der Waals surface area contributed by atoms with E-state index < -0.39 is 0 Å². The van der Waals surface area contributed by atoms with Crippen LogP contribution in [0.3, 0.4) is 0 Å². The molecule has 0 aliphatic carbocycles. The van der Waals surface area contributed by atoms with Crippen molar-refractivity contribution in [1.82, 2.24) is 15.3 Å². The molecule has 2 aromatic carbocycles. The third kappa shape index (κ3) is 5.83. The molecule has 0 bridgehead atoms. The van der Waals surface area contributed by atoms with E-state index in [0.717, 1.165) is 34.1 Å². The highest BCUT2D eigenvalue weighted by atomic mass is 32.2.